The van der Waals surface area contributed by atoms with Gasteiger partial charge in [-0.05, 0) is 6.92 Å². The third-order valence-corrected chi connectivity index (χ3v) is 4.97. The molecule has 142 valence electrons. The third-order valence-electron chi connectivity index (χ3n) is 3.29. The van der Waals surface area contributed by atoms with Gasteiger partial charge in [-0.3, -0.25) is 14.1 Å². The summed E-state index contributed by atoms with van der Waals surface area (Å²) in [7, 11) is -2.85. The highest BCUT2D eigenvalue weighted by Gasteiger charge is 2.58. The molecule has 1 aromatic heterocycles. The van der Waals surface area contributed by atoms with Crippen LogP contribution in [-0.4, -0.2) is 72.1 Å². The molecule has 0 aliphatic carbocycles. The Bertz CT molecular complexity index is 878. The molecule has 0 bridgehead atoms. The molecule has 1 saturated heterocycles. The molecule has 1 aromatic rings. The minimum Gasteiger partial charge on any atom is -0.467 e. The highest BCUT2D eigenvalue weighted by atomic mass is 32.2. The van der Waals surface area contributed by atoms with Gasteiger partial charge in [0.15, 0.2) is 11.8 Å². The van der Waals surface area contributed by atoms with Gasteiger partial charge >= 0.3 is 16.3 Å². The number of methoxy groups -OCH3 is 1. The topological polar surface area (TPSA) is 165 Å². The molecule has 2 atom stereocenters. The van der Waals surface area contributed by atoms with Crippen LogP contribution in [0.15, 0.2) is 10.5 Å². The normalized spacial score (nSPS) is 20.4. The summed E-state index contributed by atoms with van der Waals surface area (Å²) in [6, 6.07) is -3.31. The van der Waals surface area contributed by atoms with Gasteiger partial charge in [0.2, 0.25) is 0 Å². The maximum Gasteiger partial charge on any atom is 0.363 e. The van der Waals surface area contributed by atoms with Crippen molar-refractivity contribution in [1.29, 1.82) is 0 Å². The number of rotatable bonds is 6. The summed E-state index contributed by atoms with van der Waals surface area (Å²) in [6.07, 6.45) is 0. The van der Waals surface area contributed by atoms with Crippen molar-refractivity contribution in [3.63, 3.8) is 0 Å². The zero-order chi connectivity index (χ0) is 19.6. The Morgan fingerprint density at radius 2 is 2.08 bits per heavy atom. The molecule has 12 nitrogen and oxygen atoms in total. The van der Waals surface area contributed by atoms with E-state index in [4.69, 9.17) is 4.55 Å². The van der Waals surface area contributed by atoms with Crippen molar-refractivity contribution in [3.8, 4) is 0 Å². The smallest absolute Gasteiger partial charge is 0.363 e. The van der Waals surface area contributed by atoms with Crippen molar-refractivity contribution in [2.24, 2.45) is 5.16 Å². The van der Waals surface area contributed by atoms with E-state index in [0.29, 0.717) is 5.01 Å². The number of carbonyl (C=O) groups is 3. The second kappa shape index (κ2) is 7.35. The van der Waals surface area contributed by atoms with E-state index in [1.807, 2.05) is 0 Å². The maximum absolute atomic E-state index is 12.4. The van der Waals surface area contributed by atoms with Crippen molar-refractivity contribution >= 4 is 45.1 Å². The van der Waals surface area contributed by atoms with Gasteiger partial charge in [0, 0.05) is 5.38 Å². The lowest BCUT2D eigenvalue weighted by molar-refractivity contribution is -0.162. The van der Waals surface area contributed by atoms with Crippen molar-refractivity contribution in [3.05, 3.63) is 16.1 Å². The highest BCUT2D eigenvalue weighted by molar-refractivity contribution is 7.84. The summed E-state index contributed by atoms with van der Waals surface area (Å²) in [4.78, 5) is 44.8. The quantitative estimate of drug-likeness (QED) is 0.187. The molecule has 1 aliphatic heterocycles. The zero-order valence-electron chi connectivity index (χ0n) is 13.7. The van der Waals surface area contributed by atoms with Gasteiger partial charge in [-0.2, -0.15) is 12.7 Å². The van der Waals surface area contributed by atoms with Crippen LogP contribution in [0.25, 0.3) is 0 Å². The van der Waals surface area contributed by atoms with E-state index in [1.165, 1.54) is 23.8 Å². The Kier molecular flexibility index (Phi) is 5.58. The number of β-lactam (4-membered cyclic amide) rings is 1. The van der Waals surface area contributed by atoms with E-state index >= 15 is 0 Å². The number of nitrogens with zero attached hydrogens (tertiary/aromatic N) is 3. The zero-order valence-corrected chi connectivity index (χ0v) is 15.3. The van der Waals surface area contributed by atoms with E-state index in [9.17, 15) is 22.8 Å². The number of ether oxygens (including phenoxy) is 1. The first-order chi connectivity index (χ1) is 12.1. The summed E-state index contributed by atoms with van der Waals surface area (Å²) in [5, 5.41) is 7.88. The highest BCUT2D eigenvalue weighted by Crippen LogP contribution is 2.25. The Labute approximate surface area is 151 Å². The number of aromatic nitrogens is 1. The summed E-state index contributed by atoms with van der Waals surface area (Å²) in [5.74, 6) is -3.27. The van der Waals surface area contributed by atoms with Crippen molar-refractivity contribution in [2.75, 3.05) is 14.2 Å². The van der Waals surface area contributed by atoms with Crippen molar-refractivity contribution in [1.82, 2.24) is 14.6 Å². The van der Waals surface area contributed by atoms with Crippen LogP contribution in [-0.2, 0) is 34.3 Å². The Hall–Kier alpha value is -2.58. The minimum atomic E-state index is -5.00. The summed E-state index contributed by atoms with van der Waals surface area (Å²) >= 11 is 1.24. The van der Waals surface area contributed by atoms with Crippen LogP contribution >= 0.6 is 11.3 Å². The maximum atomic E-state index is 12.4. The second-order valence-corrected chi connectivity index (χ2v) is 7.26. The van der Waals surface area contributed by atoms with E-state index in [-0.39, 0.29) is 15.7 Å². The van der Waals surface area contributed by atoms with Gasteiger partial charge in [-0.1, -0.05) is 5.16 Å². The first kappa shape index (κ1) is 19.7. The molecule has 0 unspecified atom stereocenters. The molecule has 2 rings (SSSR count). The first-order valence-corrected chi connectivity index (χ1v) is 9.12. The number of hydrogen-bond acceptors (Lipinski definition) is 10. The molecular formula is C12H14N4O8S2. The fourth-order valence-electron chi connectivity index (χ4n) is 2.19. The average molecular weight is 406 g/mol. The van der Waals surface area contributed by atoms with E-state index in [2.05, 4.69) is 25.0 Å². The number of nitrogens with one attached hydrogen (secondary N) is 1. The number of thiazole rings is 1. The largest absolute Gasteiger partial charge is 0.467 e. The predicted octanol–water partition coefficient (Wildman–Crippen LogP) is -1.53. The van der Waals surface area contributed by atoms with E-state index < -0.39 is 40.2 Å². The van der Waals surface area contributed by atoms with Gasteiger partial charge in [0.05, 0.1) is 12.1 Å². The minimum absolute atomic E-state index is 0.0795. The Morgan fingerprint density at radius 1 is 1.42 bits per heavy atom. The number of amides is 2. The fourth-order valence-corrected chi connectivity index (χ4v) is 3.62. The number of esters is 1. The molecule has 1 fully saturated rings. The molecule has 26 heavy (non-hydrogen) atoms. The second-order valence-electron chi connectivity index (χ2n) is 4.91. The first-order valence-electron chi connectivity index (χ1n) is 6.84. The lowest BCUT2D eigenvalue weighted by Gasteiger charge is -2.41. The van der Waals surface area contributed by atoms with E-state index in [0.717, 1.165) is 7.11 Å². The Balaban J connectivity index is 2.27. The summed E-state index contributed by atoms with van der Waals surface area (Å²) in [5.41, 5.74) is -0.113. The average Bonchev–Trinajstić information content (AvgIpc) is 2.98. The number of oxime groups is 1. The predicted molar refractivity (Wildman–Crippen MR) is 86.5 cm³/mol. The SMILES string of the molecule is CON=C(C(=O)N[C@H]1C(=O)N(S(=O)(=O)O)[C@H]1C(=O)OC)c1csc(C)n1. The van der Waals surface area contributed by atoms with Gasteiger partial charge < -0.3 is 14.9 Å². The Morgan fingerprint density at radius 3 is 2.54 bits per heavy atom. The van der Waals surface area contributed by atoms with Crippen molar-refractivity contribution < 1.29 is 36.9 Å². The van der Waals surface area contributed by atoms with Crippen LogP contribution in [0.1, 0.15) is 10.7 Å². The monoisotopic (exact) mass is 406 g/mol. The third kappa shape index (κ3) is 3.66. The lowest BCUT2D eigenvalue weighted by atomic mass is 9.98. The van der Waals surface area contributed by atoms with Gasteiger partial charge in [-0.15, -0.1) is 11.3 Å². The molecule has 2 amide bonds. The van der Waals surface area contributed by atoms with Gasteiger partial charge in [0.1, 0.15) is 18.8 Å². The van der Waals surface area contributed by atoms with Crippen LogP contribution in [0.4, 0.5) is 0 Å². The molecule has 1 aliphatic rings. The molecule has 2 heterocycles. The lowest BCUT2D eigenvalue weighted by Crippen LogP contribution is -2.74. The van der Waals surface area contributed by atoms with Crippen LogP contribution < -0.4 is 5.32 Å². The van der Waals surface area contributed by atoms with Crippen LogP contribution in [0.5, 0.6) is 0 Å². The number of carbonyl (C=O) groups excluding carboxylic acids is 3. The summed E-state index contributed by atoms with van der Waals surface area (Å²) < 4.78 is 35.9. The standard InChI is InChI=1S/C12H14N4O8S2/c1-5-13-6(4-25-5)7(15-24-3)10(17)14-8-9(12(19)23-2)16(11(8)18)26(20,21)22/h4,8-9H,1-3H3,(H,14,17)(H,20,21,22)/t8-,9-/m1/s1. The number of aryl methyl sites for hydroxylation is 1. The number of hydrogen-bond donors (Lipinski definition) is 2. The molecule has 0 aromatic carbocycles. The molecule has 0 spiro atoms. The molecule has 14 heteroatoms. The van der Waals surface area contributed by atoms with Gasteiger partial charge in [-0.25, -0.2) is 9.78 Å². The van der Waals surface area contributed by atoms with Gasteiger partial charge in [0.25, 0.3) is 11.8 Å². The molecular weight excluding hydrogens is 392 g/mol. The molecule has 2 N–H and O–H groups in total. The molecule has 0 radical (unpaired) electrons. The van der Waals surface area contributed by atoms with Crippen LogP contribution in [0.2, 0.25) is 0 Å². The van der Waals surface area contributed by atoms with Crippen molar-refractivity contribution in [2.45, 2.75) is 19.0 Å². The van der Waals surface area contributed by atoms with Crippen LogP contribution in [0.3, 0.4) is 0 Å². The molecule has 0 saturated carbocycles. The van der Waals surface area contributed by atoms with Crippen LogP contribution in [0, 0.1) is 6.92 Å². The summed E-state index contributed by atoms with van der Waals surface area (Å²) in [6.45, 7) is 1.70. The van der Waals surface area contributed by atoms with E-state index in [1.54, 1.807) is 6.92 Å². The fraction of sp³-hybridized carbons (Fsp3) is 0.417.